The lowest BCUT2D eigenvalue weighted by Gasteiger charge is -2.06. The van der Waals surface area contributed by atoms with Crippen LogP contribution in [-0.4, -0.2) is 30.6 Å². The first-order chi connectivity index (χ1) is 13.7. The van der Waals surface area contributed by atoms with E-state index in [1.807, 2.05) is 0 Å². The molecule has 0 saturated heterocycles. The second-order valence-corrected chi connectivity index (χ2v) is 6.35. The quantitative estimate of drug-likeness (QED) is 0.345. The van der Waals surface area contributed by atoms with Crippen molar-refractivity contribution in [3.63, 3.8) is 0 Å². The average Bonchev–Trinajstić information content (AvgIpc) is 2.65. The summed E-state index contributed by atoms with van der Waals surface area (Å²) in [6.07, 6.45) is -5.86. The predicted molar refractivity (Wildman–Crippen MR) is 100 cm³/mol. The van der Waals surface area contributed by atoms with Crippen LogP contribution in [0.25, 0.3) is 0 Å². The Hall–Kier alpha value is -3.10. The third kappa shape index (κ3) is 8.10. The van der Waals surface area contributed by atoms with Crippen molar-refractivity contribution in [1.29, 1.82) is 0 Å². The molecule has 2 rings (SSSR count). The number of carbonyl (C=O) groups excluding carboxylic acids is 2. The summed E-state index contributed by atoms with van der Waals surface area (Å²) in [5, 5.41) is 0. The number of alkyl halides is 6. The Balaban J connectivity index is 0.000000311. The number of allylic oxidation sites excluding steroid dienone is 1. The van der Waals surface area contributed by atoms with Gasteiger partial charge in [-0.15, -0.1) is 0 Å². The number of Topliss-reactive ketones (excluding diaryl/α,β-unsaturated/α-hetero) is 1. The van der Waals surface area contributed by atoms with Crippen molar-refractivity contribution in [3.05, 3.63) is 83.1 Å². The molecule has 0 unspecified atom stereocenters. The molecule has 2 aromatic carbocycles. The van der Waals surface area contributed by atoms with Gasteiger partial charge in [-0.2, -0.15) is 26.3 Å². The van der Waals surface area contributed by atoms with Crippen molar-refractivity contribution >= 4 is 11.6 Å². The number of carbonyl (C=O) groups is 2. The molecule has 0 fully saturated rings. The highest BCUT2D eigenvalue weighted by atomic mass is 19.4. The SMILES string of the molecule is CC(=O)c1ccc(C(F)(F)F)cc1.CN(C)/C=C/C(=O)c1ccc(C(F)(F)F)cc1. The van der Waals surface area contributed by atoms with Gasteiger partial charge in [0.25, 0.3) is 0 Å². The van der Waals surface area contributed by atoms with E-state index in [-0.39, 0.29) is 22.7 Å². The second kappa shape index (κ2) is 10.1. The first-order valence-electron chi connectivity index (χ1n) is 8.46. The molecule has 0 amide bonds. The van der Waals surface area contributed by atoms with Crippen molar-refractivity contribution in [2.75, 3.05) is 14.1 Å². The summed E-state index contributed by atoms with van der Waals surface area (Å²) < 4.78 is 72.9. The zero-order valence-electron chi connectivity index (χ0n) is 16.3. The molecule has 2 aromatic rings. The van der Waals surface area contributed by atoms with Crippen molar-refractivity contribution < 1.29 is 35.9 Å². The van der Waals surface area contributed by atoms with Gasteiger partial charge in [-0.1, -0.05) is 24.3 Å². The molecule has 30 heavy (non-hydrogen) atoms. The van der Waals surface area contributed by atoms with Crippen molar-refractivity contribution in [2.45, 2.75) is 19.3 Å². The van der Waals surface area contributed by atoms with Gasteiger partial charge in [0.1, 0.15) is 0 Å². The van der Waals surface area contributed by atoms with E-state index in [1.54, 1.807) is 25.2 Å². The number of benzene rings is 2. The minimum atomic E-state index is -4.37. The van der Waals surface area contributed by atoms with Crippen LogP contribution in [0.15, 0.2) is 60.8 Å². The van der Waals surface area contributed by atoms with Gasteiger partial charge in [-0.25, -0.2) is 0 Å². The fraction of sp³-hybridized carbons (Fsp3) is 0.238. The maximum Gasteiger partial charge on any atom is 0.416 e. The zero-order valence-corrected chi connectivity index (χ0v) is 16.3. The van der Waals surface area contributed by atoms with Crippen LogP contribution in [0, 0.1) is 0 Å². The van der Waals surface area contributed by atoms with Gasteiger partial charge >= 0.3 is 12.4 Å². The number of rotatable bonds is 4. The van der Waals surface area contributed by atoms with Crippen LogP contribution in [0.3, 0.4) is 0 Å². The highest BCUT2D eigenvalue weighted by molar-refractivity contribution is 6.04. The van der Waals surface area contributed by atoms with Gasteiger partial charge in [0.15, 0.2) is 11.6 Å². The molecule has 9 heteroatoms. The number of halogens is 6. The lowest BCUT2D eigenvalue weighted by molar-refractivity contribution is -0.138. The molecule has 3 nitrogen and oxygen atoms in total. The molecule has 0 heterocycles. The van der Waals surface area contributed by atoms with Crippen LogP contribution >= 0.6 is 0 Å². The third-order valence-electron chi connectivity index (χ3n) is 3.64. The van der Waals surface area contributed by atoms with E-state index >= 15 is 0 Å². The van der Waals surface area contributed by atoms with Crippen LogP contribution in [-0.2, 0) is 12.4 Å². The molecule has 0 aromatic heterocycles. The van der Waals surface area contributed by atoms with Crippen LogP contribution in [0.4, 0.5) is 26.3 Å². The number of nitrogens with zero attached hydrogens (tertiary/aromatic N) is 1. The van der Waals surface area contributed by atoms with Crippen LogP contribution in [0.2, 0.25) is 0 Å². The Kier molecular flexibility index (Phi) is 8.38. The maximum absolute atomic E-state index is 12.3. The Labute approximate surface area is 169 Å². The molecule has 0 saturated carbocycles. The first-order valence-corrected chi connectivity index (χ1v) is 8.46. The highest BCUT2D eigenvalue weighted by Crippen LogP contribution is 2.29. The first kappa shape index (κ1) is 24.9. The Bertz CT molecular complexity index is 880. The molecular formula is C21H19F6NO2. The van der Waals surface area contributed by atoms with Gasteiger partial charge in [0, 0.05) is 37.5 Å². The van der Waals surface area contributed by atoms with E-state index in [0.29, 0.717) is 0 Å². The minimum Gasteiger partial charge on any atom is -0.383 e. The number of hydrogen-bond donors (Lipinski definition) is 0. The Morgan fingerprint density at radius 3 is 1.40 bits per heavy atom. The molecule has 0 aliphatic rings. The van der Waals surface area contributed by atoms with Gasteiger partial charge < -0.3 is 4.90 Å². The predicted octanol–water partition coefficient (Wildman–Crippen LogP) is 5.87. The van der Waals surface area contributed by atoms with Crippen molar-refractivity contribution in [3.8, 4) is 0 Å². The molecule has 162 valence electrons. The van der Waals surface area contributed by atoms with E-state index in [1.165, 1.54) is 37.3 Å². The van der Waals surface area contributed by atoms with Crippen LogP contribution in [0.1, 0.15) is 38.8 Å². The normalized spacial score (nSPS) is 11.6. The fourth-order valence-corrected chi connectivity index (χ4v) is 2.03. The zero-order chi connectivity index (χ0) is 23.1. The third-order valence-corrected chi connectivity index (χ3v) is 3.64. The molecule has 0 radical (unpaired) electrons. The van der Waals surface area contributed by atoms with E-state index in [0.717, 1.165) is 24.3 Å². The minimum absolute atomic E-state index is 0.233. The summed E-state index contributed by atoms with van der Waals surface area (Å²) in [7, 11) is 3.49. The molecule has 0 atom stereocenters. The Morgan fingerprint density at radius 1 is 0.733 bits per heavy atom. The van der Waals surface area contributed by atoms with E-state index in [4.69, 9.17) is 0 Å². The molecule has 0 bridgehead atoms. The van der Waals surface area contributed by atoms with E-state index < -0.39 is 23.5 Å². The summed E-state index contributed by atoms with van der Waals surface area (Å²) >= 11 is 0. The number of hydrogen-bond acceptors (Lipinski definition) is 3. The highest BCUT2D eigenvalue weighted by Gasteiger charge is 2.30. The summed E-state index contributed by atoms with van der Waals surface area (Å²) in [6.45, 7) is 1.31. The van der Waals surface area contributed by atoms with Gasteiger partial charge in [-0.3, -0.25) is 9.59 Å². The van der Waals surface area contributed by atoms with Gasteiger partial charge in [0.05, 0.1) is 11.1 Å². The summed E-state index contributed by atoms with van der Waals surface area (Å²) in [4.78, 5) is 23.9. The lowest BCUT2D eigenvalue weighted by atomic mass is 10.1. The molecule has 0 spiro atoms. The molecule has 0 N–H and O–H groups in total. The molecule has 0 aliphatic heterocycles. The molecular weight excluding hydrogens is 412 g/mol. The smallest absolute Gasteiger partial charge is 0.383 e. The van der Waals surface area contributed by atoms with Crippen molar-refractivity contribution in [2.24, 2.45) is 0 Å². The summed E-state index contributed by atoms with van der Waals surface area (Å²) in [5.74, 6) is -0.568. The number of ketones is 2. The van der Waals surface area contributed by atoms with Gasteiger partial charge in [0.2, 0.25) is 0 Å². The summed E-state index contributed by atoms with van der Waals surface area (Å²) in [5.41, 5.74) is -0.979. The van der Waals surface area contributed by atoms with Crippen LogP contribution in [0.5, 0.6) is 0 Å². The summed E-state index contributed by atoms with van der Waals surface area (Å²) in [6, 6.07) is 8.29. The van der Waals surface area contributed by atoms with E-state index in [2.05, 4.69) is 0 Å². The standard InChI is InChI=1S/C12H12F3NO.C9H7F3O/c1-16(2)8-7-11(17)9-3-5-10(6-4-9)12(13,14)15;1-6(13)7-2-4-8(5-3-7)9(10,11)12/h3-8H,1-2H3;2-5H,1H3/b8-7+;. The monoisotopic (exact) mass is 431 g/mol. The molecule has 0 aliphatic carbocycles. The lowest BCUT2D eigenvalue weighted by Crippen LogP contribution is -2.06. The van der Waals surface area contributed by atoms with Crippen LogP contribution < -0.4 is 0 Å². The van der Waals surface area contributed by atoms with Crippen molar-refractivity contribution in [1.82, 2.24) is 4.90 Å². The van der Waals surface area contributed by atoms with E-state index in [9.17, 15) is 35.9 Å². The maximum atomic E-state index is 12.3. The second-order valence-electron chi connectivity index (χ2n) is 6.35. The van der Waals surface area contributed by atoms with Gasteiger partial charge in [-0.05, 0) is 31.2 Å². The Morgan fingerprint density at radius 2 is 1.10 bits per heavy atom. The topological polar surface area (TPSA) is 37.4 Å². The fourth-order valence-electron chi connectivity index (χ4n) is 2.03. The average molecular weight is 431 g/mol. The largest absolute Gasteiger partial charge is 0.416 e.